The van der Waals surface area contributed by atoms with Crippen LogP contribution in [0.1, 0.15) is 29.5 Å². The summed E-state index contributed by atoms with van der Waals surface area (Å²) in [7, 11) is 1.77. The van der Waals surface area contributed by atoms with E-state index in [9.17, 15) is 0 Å². The van der Waals surface area contributed by atoms with E-state index < -0.39 is 0 Å². The Morgan fingerprint density at radius 3 is 2.77 bits per heavy atom. The van der Waals surface area contributed by atoms with Gasteiger partial charge in [-0.1, -0.05) is 42.5 Å². The largest absolute Gasteiger partial charge is 0.496 e. The molecule has 3 rings (SSSR count). The first-order valence-electron chi connectivity index (χ1n) is 8.29. The first kappa shape index (κ1) is 15.1. The highest BCUT2D eigenvalue weighted by molar-refractivity contribution is 5.42. The molecular weight excluding hydrogens is 270 g/mol. The average Bonchev–Trinajstić information content (AvgIpc) is 2.59. The molecule has 0 bridgehead atoms. The van der Waals surface area contributed by atoms with Crippen molar-refractivity contribution in [2.75, 3.05) is 13.7 Å². The molecule has 0 spiro atoms. The second kappa shape index (κ2) is 7.46. The molecule has 1 aliphatic carbocycles. The maximum Gasteiger partial charge on any atom is 0.122 e. The van der Waals surface area contributed by atoms with Gasteiger partial charge in [0.1, 0.15) is 5.75 Å². The minimum Gasteiger partial charge on any atom is -0.496 e. The second-order valence-electron chi connectivity index (χ2n) is 6.08. The van der Waals surface area contributed by atoms with Crippen molar-refractivity contribution in [1.82, 2.24) is 5.32 Å². The lowest BCUT2D eigenvalue weighted by molar-refractivity contribution is 0.393. The maximum absolute atomic E-state index is 5.52. The van der Waals surface area contributed by atoms with Crippen molar-refractivity contribution in [3.63, 3.8) is 0 Å². The Balaban J connectivity index is 1.48. The lowest BCUT2D eigenvalue weighted by Crippen LogP contribution is -2.35. The fourth-order valence-electron chi connectivity index (χ4n) is 3.36. The molecule has 1 N–H and O–H groups in total. The minimum atomic E-state index is 0.583. The number of methoxy groups -OCH3 is 1. The van der Waals surface area contributed by atoms with Gasteiger partial charge in [0.15, 0.2) is 0 Å². The number of rotatable bonds is 6. The number of hydrogen-bond donors (Lipinski definition) is 1. The molecule has 22 heavy (non-hydrogen) atoms. The van der Waals surface area contributed by atoms with Gasteiger partial charge in [0.25, 0.3) is 0 Å². The van der Waals surface area contributed by atoms with Gasteiger partial charge < -0.3 is 10.1 Å². The quantitative estimate of drug-likeness (QED) is 0.819. The molecule has 0 saturated heterocycles. The number of benzene rings is 2. The smallest absolute Gasteiger partial charge is 0.122 e. The summed E-state index contributed by atoms with van der Waals surface area (Å²) in [6.07, 6.45) is 5.82. The maximum atomic E-state index is 5.52. The molecule has 1 atom stereocenters. The van der Waals surface area contributed by atoms with Gasteiger partial charge in [0.2, 0.25) is 0 Å². The Hall–Kier alpha value is -1.80. The average molecular weight is 295 g/mol. The molecule has 0 aromatic heterocycles. The summed E-state index contributed by atoms with van der Waals surface area (Å²) < 4.78 is 5.52. The van der Waals surface area contributed by atoms with Crippen LogP contribution in [0.5, 0.6) is 5.75 Å². The van der Waals surface area contributed by atoms with Gasteiger partial charge in [-0.05, 0) is 61.4 Å². The molecule has 0 saturated carbocycles. The van der Waals surface area contributed by atoms with E-state index in [1.165, 1.54) is 29.5 Å². The molecule has 0 heterocycles. The fraction of sp³-hybridized carbons (Fsp3) is 0.400. The zero-order chi connectivity index (χ0) is 15.2. The van der Waals surface area contributed by atoms with E-state index in [1.807, 2.05) is 0 Å². The van der Waals surface area contributed by atoms with Crippen molar-refractivity contribution in [2.45, 2.75) is 38.1 Å². The van der Waals surface area contributed by atoms with Gasteiger partial charge in [0.05, 0.1) is 7.11 Å². The SMILES string of the molecule is COc1cccc2c1CC(NCCCc1ccccc1)CC2. The normalized spacial score (nSPS) is 17.0. The van der Waals surface area contributed by atoms with Crippen molar-refractivity contribution < 1.29 is 4.74 Å². The third-order valence-electron chi connectivity index (χ3n) is 4.58. The monoisotopic (exact) mass is 295 g/mol. The number of ether oxygens (including phenoxy) is 1. The third-order valence-corrected chi connectivity index (χ3v) is 4.58. The van der Waals surface area contributed by atoms with E-state index in [0.717, 1.165) is 31.6 Å². The highest BCUT2D eigenvalue weighted by Gasteiger charge is 2.20. The summed E-state index contributed by atoms with van der Waals surface area (Å²) in [5.74, 6) is 1.05. The molecular formula is C20H25NO. The topological polar surface area (TPSA) is 21.3 Å². The predicted octanol–water partition coefficient (Wildman–Crippen LogP) is 3.77. The van der Waals surface area contributed by atoms with Crippen LogP contribution in [0.25, 0.3) is 0 Å². The first-order valence-corrected chi connectivity index (χ1v) is 8.29. The van der Waals surface area contributed by atoms with Crippen LogP contribution in [0.4, 0.5) is 0 Å². The summed E-state index contributed by atoms with van der Waals surface area (Å²) in [5, 5.41) is 3.73. The van der Waals surface area contributed by atoms with Crippen LogP contribution < -0.4 is 10.1 Å². The predicted molar refractivity (Wildman–Crippen MR) is 91.6 cm³/mol. The van der Waals surface area contributed by atoms with Crippen molar-refractivity contribution in [2.24, 2.45) is 0 Å². The van der Waals surface area contributed by atoms with Crippen LogP contribution in [0, 0.1) is 0 Å². The number of hydrogen-bond acceptors (Lipinski definition) is 2. The molecule has 2 heteroatoms. The lowest BCUT2D eigenvalue weighted by atomic mass is 9.87. The van der Waals surface area contributed by atoms with Crippen LogP contribution in [0.2, 0.25) is 0 Å². The molecule has 2 nitrogen and oxygen atoms in total. The standard InChI is InChI=1S/C20H25NO/c1-22-20-11-5-10-17-12-13-18(15-19(17)20)21-14-6-9-16-7-3-2-4-8-16/h2-5,7-8,10-11,18,21H,6,9,12-15H2,1H3. The summed E-state index contributed by atoms with van der Waals surface area (Å²) >= 11 is 0. The summed E-state index contributed by atoms with van der Waals surface area (Å²) in [6.45, 7) is 1.09. The van der Waals surface area contributed by atoms with E-state index >= 15 is 0 Å². The highest BCUT2D eigenvalue weighted by Crippen LogP contribution is 2.29. The van der Waals surface area contributed by atoms with E-state index in [0.29, 0.717) is 6.04 Å². The summed E-state index contributed by atoms with van der Waals surface area (Å²) in [5.41, 5.74) is 4.29. The zero-order valence-electron chi connectivity index (χ0n) is 13.3. The Kier molecular flexibility index (Phi) is 5.12. The highest BCUT2D eigenvalue weighted by atomic mass is 16.5. The van der Waals surface area contributed by atoms with Crippen LogP contribution in [-0.4, -0.2) is 19.7 Å². The lowest BCUT2D eigenvalue weighted by Gasteiger charge is -2.27. The second-order valence-corrected chi connectivity index (χ2v) is 6.08. The minimum absolute atomic E-state index is 0.583. The van der Waals surface area contributed by atoms with Crippen LogP contribution >= 0.6 is 0 Å². The number of aryl methyl sites for hydroxylation is 2. The zero-order valence-corrected chi connectivity index (χ0v) is 13.3. The van der Waals surface area contributed by atoms with Crippen LogP contribution in [-0.2, 0) is 19.3 Å². The van der Waals surface area contributed by atoms with Crippen molar-refractivity contribution in [3.8, 4) is 5.75 Å². The Labute approximate surface area is 133 Å². The van der Waals surface area contributed by atoms with Gasteiger partial charge in [-0.15, -0.1) is 0 Å². The molecule has 0 fully saturated rings. The van der Waals surface area contributed by atoms with E-state index in [1.54, 1.807) is 7.11 Å². The third kappa shape index (κ3) is 3.69. The van der Waals surface area contributed by atoms with E-state index in [-0.39, 0.29) is 0 Å². The van der Waals surface area contributed by atoms with Crippen LogP contribution in [0.15, 0.2) is 48.5 Å². The Bertz CT molecular complexity index is 580. The van der Waals surface area contributed by atoms with Gasteiger partial charge in [-0.25, -0.2) is 0 Å². The Morgan fingerprint density at radius 1 is 1.09 bits per heavy atom. The van der Waals surface area contributed by atoms with Crippen molar-refractivity contribution in [3.05, 3.63) is 65.2 Å². The van der Waals surface area contributed by atoms with Crippen LogP contribution in [0.3, 0.4) is 0 Å². The fourth-order valence-corrected chi connectivity index (χ4v) is 3.36. The van der Waals surface area contributed by atoms with Gasteiger partial charge in [-0.2, -0.15) is 0 Å². The molecule has 1 unspecified atom stereocenters. The van der Waals surface area contributed by atoms with E-state index in [2.05, 4.69) is 53.8 Å². The number of fused-ring (bicyclic) bond motifs is 1. The van der Waals surface area contributed by atoms with Crippen molar-refractivity contribution in [1.29, 1.82) is 0 Å². The molecule has 2 aromatic carbocycles. The number of nitrogens with one attached hydrogen (secondary N) is 1. The first-order chi connectivity index (χ1) is 10.9. The molecule has 0 amide bonds. The molecule has 116 valence electrons. The molecule has 0 aliphatic heterocycles. The van der Waals surface area contributed by atoms with Crippen molar-refractivity contribution >= 4 is 0 Å². The van der Waals surface area contributed by atoms with Gasteiger partial charge in [0, 0.05) is 6.04 Å². The Morgan fingerprint density at radius 2 is 1.95 bits per heavy atom. The molecule has 0 radical (unpaired) electrons. The van der Waals surface area contributed by atoms with Gasteiger partial charge >= 0.3 is 0 Å². The van der Waals surface area contributed by atoms with E-state index in [4.69, 9.17) is 4.74 Å². The summed E-state index contributed by atoms with van der Waals surface area (Å²) in [4.78, 5) is 0. The molecule has 1 aliphatic rings. The van der Waals surface area contributed by atoms with Gasteiger partial charge in [-0.3, -0.25) is 0 Å². The molecule has 2 aromatic rings. The summed E-state index contributed by atoms with van der Waals surface area (Å²) in [6, 6.07) is 17.7.